The van der Waals surface area contributed by atoms with Crippen LogP contribution in [-0.4, -0.2) is 12.1 Å². The lowest BCUT2D eigenvalue weighted by Crippen LogP contribution is -2.30. The maximum atomic E-state index is 13.8. The molecule has 1 aromatic carbocycles. The van der Waals surface area contributed by atoms with Crippen molar-refractivity contribution in [2.45, 2.75) is 12.5 Å². The van der Waals surface area contributed by atoms with Crippen molar-refractivity contribution in [1.82, 2.24) is 10.4 Å². The van der Waals surface area contributed by atoms with Crippen LogP contribution in [0.1, 0.15) is 17.2 Å². The van der Waals surface area contributed by atoms with Crippen molar-refractivity contribution in [2.24, 2.45) is 5.84 Å². The minimum absolute atomic E-state index is 0.184. The summed E-state index contributed by atoms with van der Waals surface area (Å²) in [5.74, 6) is 4.15. The van der Waals surface area contributed by atoms with Gasteiger partial charge in [-0.3, -0.25) is 11.3 Å². The molecule has 0 saturated heterocycles. The van der Waals surface area contributed by atoms with E-state index < -0.39 is 17.7 Å². The Labute approximate surface area is 115 Å². The maximum Gasteiger partial charge on any atom is 0.212 e. The summed E-state index contributed by atoms with van der Waals surface area (Å²) in [7, 11) is 1.52. The van der Waals surface area contributed by atoms with Crippen molar-refractivity contribution in [2.75, 3.05) is 7.11 Å². The lowest BCUT2D eigenvalue weighted by atomic mass is 10.00. The van der Waals surface area contributed by atoms with Gasteiger partial charge in [-0.25, -0.2) is 13.8 Å². The first-order valence-electron chi connectivity index (χ1n) is 6.04. The van der Waals surface area contributed by atoms with Gasteiger partial charge in [0.05, 0.1) is 13.2 Å². The fourth-order valence-electron chi connectivity index (χ4n) is 1.94. The second kappa shape index (κ2) is 6.40. The molecule has 0 aliphatic heterocycles. The molecule has 2 aromatic rings. The Morgan fingerprint density at radius 1 is 1.30 bits per heavy atom. The fourth-order valence-corrected chi connectivity index (χ4v) is 1.94. The van der Waals surface area contributed by atoms with Crippen LogP contribution >= 0.6 is 0 Å². The Morgan fingerprint density at radius 3 is 2.70 bits per heavy atom. The van der Waals surface area contributed by atoms with E-state index in [2.05, 4.69) is 10.4 Å². The summed E-state index contributed by atoms with van der Waals surface area (Å²) in [5.41, 5.74) is 3.51. The summed E-state index contributed by atoms with van der Waals surface area (Å²) in [5, 5.41) is 0. The van der Waals surface area contributed by atoms with E-state index in [4.69, 9.17) is 10.6 Å². The molecular weight excluding hydrogens is 264 g/mol. The molecule has 1 atom stereocenters. The first-order valence-corrected chi connectivity index (χ1v) is 6.04. The average molecular weight is 279 g/mol. The summed E-state index contributed by atoms with van der Waals surface area (Å²) in [4.78, 5) is 4.06. The first kappa shape index (κ1) is 14.4. The highest BCUT2D eigenvalue weighted by atomic mass is 19.2. The third kappa shape index (κ3) is 3.09. The van der Waals surface area contributed by atoms with Crippen LogP contribution in [0.4, 0.5) is 8.78 Å². The smallest absolute Gasteiger partial charge is 0.212 e. The molecule has 1 heterocycles. The summed E-state index contributed by atoms with van der Waals surface area (Å²) >= 11 is 0. The number of ether oxygens (including phenoxy) is 1. The van der Waals surface area contributed by atoms with Crippen molar-refractivity contribution in [3.8, 4) is 5.88 Å². The highest BCUT2D eigenvalue weighted by Gasteiger charge is 2.17. The molecule has 0 fully saturated rings. The molecule has 1 unspecified atom stereocenters. The minimum atomic E-state index is -0.893. The largest absolute Gasteiger partial charge is 0.481 e. The SMILES string of the molecule is COc1ccc(CC(NN)c2cccc(F)c2F)cn1. The van der Waals surface area contributed by atoms with Crippen molar-refractivity contribution < 1.29 is 13.5 Å². The molecule has 1 aromatic heterocycles. The van der Waals surface area contributed by atoms with Gasteiger partial charge in [-0.2, -0.15) is 0 Å². The van der Waals surface area contributed by atoms with E-state index in [9.17, 15) is 8.78 Å². The third-order valence-corrected chi connectivity index (χ3v) is 3.00. The average Bonchev–Trinajstić information content (AvgIpc) is 2.48. The van der Waals surface area contributed by atoms with Crippen LogP contribution in [0.5, 0.6) is 5.88 Å². The molecule has 20 heavy (non-hydrogen) atoms. The Bertz CT molecular complexity index is 575. The van der Waals surface area contributed by atoms with Gasteiger partial charge < -0.3 is 4.74 Å². The molecule has 4 nitrogen and oxygen atoms in total. The number of halogens is 2. The van der Waals surface area contributed by atoms with E-state index in [-0.39, 0.29) is 5.56 Å². The number of hydrazine groups is 1. The number of rotatable bonds is 5. The van der Waals surface area contributed by atoms with Gasteiger partial charge in [-0.15, -0.1) is 0 Å². The van der Waals surface area contributed by atoms with Gasteiger partial charge in [0.15, 0.2) is 11.6 Å². The first-order chi connectivity index (χ1) is 9.65. The topological polar surface area (TPSA) is 60.2 Å². The van der Waals surface area contributed by atoms with E-state index in [0.29, 0.717) is 12.3 Å². The molecule has 0 radical (unpaired) electrons. The zero-order valence-corrected chi connectivity index (χ0v) is 10.9. The van der Waals surface area contributed by atoms with Gasteiger partial charge in [0, 0.05) is 17.8 Å². The second-order valence-electron chi connectivity index (χ2n) is 4.28. The molecule has 0 amide bonds. The van der Waals surface area contributed by atoms with Gasteiger partial charge in [-0.1, -0.05) is 18.2 Å². The van der Waals surface area contributed by atoms with Crippen LogP contribution in [0.2, 0.25) is 0 Å². The van der Waals surface area contributed by atoms with Crippen LogP contribution < -0.4 is 16.0 Å². The second-order valence-corrected chi connectivity index (χ2v) is 4.28. The molecule has 6 heteroatoms. The zero-order valence-electron chi connectivity index (χ0n) is 10.9. The van der Waals surface area contributed by atoms with Gasteiger partial charge >= 0.3 is 0 Å². The molecule has 0 aliphatic rings. The standard InChI is InChI=1S/C14H15F2N3O/c1-20-13-6-5-9(8-18-13)7-12(19-17)10-3-2-4-11(15)14(10)16/h2-6,8,12,19H,7,17H2,1H3. The normalized spacial score (nSPS) is 12.2. The summed E-state index contributed by atoms with van der Waals surface area (Å²) in [6.45, 7) is 0. The van der Waals surface area contributed by atoms with Crippen molar-refractivity contribution in [1.29, 1.82) is 0 Å². The maximum absolute atomic E-state index is 13.8. The number of nitrogens with zero attached hydrogens (tertiary/aromatic N) is 1. The van der Waals surface area contributed by atoms with Crippen LogP contribution in [0.15, 0.2) is 36.5 Å². The van der Waals surface area contributed by atoms with Gasteiger partial charge in [-0.05, 0) is 18.1 Å². The lowest BCUT2D eigenvalue weighted by Gasteiger charge is -2.17. The molecule has 106 valence electrons. The molecule has 0 aliphatic carbocycles. The van der Waals surface area contributed by atoms with E-state index in [1.807, 2.05) is 0 Å². The Hall–Kier alpha value is -2.05. The Balaban J connectivity index is 2.21. The van der Waals surface area contributed by atoms with Gasteiger partial charge in [0.25, 0.3) is 0 Å². The molecule has 0 saturated carbocycles. The Kier molecular flexibility index (Phi) is 4.60. The monoisotopic (exact) mass is 279 g/mol. The number of hydrogen-bond donors (Lipinski definition) is 2. The molecule has 0 spiro atoms. The highest BCUT2D eigenvalue weighted by molar-refractivity contribution is 5.26. The van der Waals surface area contributed by atoms with Gasteiger partial charge in [0.1, 0.15) is 0 Å². The predicted molar refractivity (Wildman–Crippen MR) is 70.9 cm³/mol. The molecule has 0 bridgehead atoms. The Morgan fingerprint density at radius 2 is 2.10 bits per heavy atom. The molecular formula is C14H15F2N3O. The zero-order chi connectivity index (χ0) is 14.5. The highest BCUT2D eigenvalue weighted by Crippen LogP contribution is 2.22. The van der Waals surface area contributed by atoms with E-state index >= 15 is 0 Å². The number of benzene rings is 1. The van der Waals surface area contributed by atoms with Crippen LogP contribution in [0, 0.1) is 11.6 Å². The number of nitrogens with two attached hydrogens (primary N) is 1. The van der Waals surface area contributed by atoms with Crippen molar-refractivity contribution in [3.05, 3.63) is 59.3 Å². The summed E-state index contributed by atoms with van der Waals surface area (Å²) in [6, 6.07) is 6.98. The van der Waals surface area contributed by atoms with Crippen LogP contribution in [0.3, 0.4) is 0 Å². The van der Waals surface area contributed by atoms with Crippen LogP contribution in [0.25, 0.3) is 0 Å². The quantitative estimate of drug-likeness (QED) is 0.650. The fraction of sp³-hybridized carbons (Fsp3) is 0.214. The number of pyridine rings is 1. The van der Waals surface area contributed by atoms with E-state index in [1.54, 1.807) is 18.3 Å². The third-order valence-electron chi connectivity index (χ3n) is 3.00. The summed E-state index contributed by atoms with van der Waals surface area (Å²) in [6.07, 6.45) is 1.99. The summed E-state index contributed by atoms with van der Waals surface area (Å²) < 4.78 is 32.0. The predicted octanol–water partition coefficient (Wildman–Crippen LogP) is 2.12. The number of aromatic nitrogens is 1. The van der Waals surface area contributed by atoms with E-state index in [1.165, 1.54) is 19.2 Å². The number of methoxy groups -OCH3 is 1. The van der Waals surface area contributed by atoms with E-state index in [0.717, 1.165) is 11.6 Å². The number of nitrogens with one attached hydrogen (secondary N) is 1. The van der Waals surface area contributed by atoms with Crippen molar-refractivity contribution in [3.63, 3.8) is 0 Å². The molecule has 2 rings (SSSR count). The van der Waals surface area contributed by atoms with Gasteiger partial charge in [0.2, 0.25) is 5.88 Å². The lowest BCUT2D eigenvalue weighted by molar-refractivity contribution is 0.397. The number of hydrogen-bond acceptors (Lipinski definition) is 4. The molecule has 3 N–H and O–H groups in total. The van der Waals surface area contributed by atoms with Crippen molar-refractivity contribution >= 4 is 0 Å². The minimum Gasteiger partial charge on any atom is -0.481 e. The van der Waals surface area contributed by atoms with Crippen LogP contribution in [-0.2, 0) is 6.42 Å².